The van der Waals surface area contributed by atoms with E-state index in [2.05, 4.69) is 31.9 Å². The minimum Gasteiger partial charge on any atom is -0.464 e. The van der Waals surface area contributed by atoms with Gasteiger partial charge in [0.1, 0.15) is 6.04 Å². The van der Waals surface area contributed by atoms with Gasteiger partial charge in [0.25, 0.3) is 0 Å². The summed E-state index contributed by atoms with van der Waals surface area (Å²) in [5.41, 5.74) is 0. The molecule has 0 radical (unpaired) electrons. The molecule has 2 bridgehead atoms. The smallest absolute Gasteiger partial charge is 0.329 e. The summed E-state index contributed by atoms with van der Waals surface area (Å²) in [5.74, 6) is -0.199. The first kappa shape index (κ1) is 13.3. The topological polar surface area (TPSA) is 46.6 Å². The van der Waals surface area contributed by atoms with E-state index in [1.165, 1.54) is 6.92 Å². The Morgan fingerprint density at radius 3 is 2.59 bits per heavy atom. The van der Waals surface area contributed by atoms with Gasteiger partial charge < -0.3 is 9.64 Å². The first-order valence-corrected chi connectivity index (χ1v) is 7.55. The van der Waals surface area contributed by atoms with Gasteiger partial charge in [-0.25, -0.2) is 4.79 Å². The molecule has 2 aliphatic rings. The second kappa shape index (κ2) is 4.88. The number of halogens is 2. The van der Waals surface area contributed by atoms with Crippen LogP contribution in [0.3, 0.4) is 0 Å². The highest BCUT2D eigenvalue weighted by atomic mass is 79.9. The van der Waals surface area contributed by atoms with E-state index in [0.717, 1.165) is 6.42 Å². The van der Waals surface area contributed by atoms with Crippen LogP contribution in [-0.4, -0.2) is 45.1 Å². The number of fused-ring (bicyclic) bond motifs is 2. The molecule has 0 aromatic carbocycles. The van der Waals surface area contributed by atoms with Crippen LogP contribution in [0, 0.1) is 5.92 Å². The van der Waals surface area contributed by atoms with E-state index < -0.39 is 6.04 Å². The van der Waals surface area contributed by atoms with Gasteiger partial charge in [-0.05, 0) is 13.3 Å². The van der Waals surface area contributed by atoms with Crippen LogP contribution in [0.4, 0.5) is 0 Å². The fourth-order valence-corrected chi connectivity index (χ4v) is 5.48. The predicted molar refractivity (Wildman–Crippen MR) is 70.3 cm³/mol. The molecule has 1 aliphatic heterocycles. The standard InChI is InChI=1S/C11H15Br2NO3/c1-3-17-11(16)9-6-4-7(12)10(8(6)13)14(9)5(2)15/h6-10H,3-4H2,1-2H3/t6-,7-,8-,9-,10+/m1/s1. The number of carbonyl (C=O) groups is 2. The van der Waals surface area contributed by atoms with Gasteiger partial charge in [-0.2, -0.15) is 0 Å². The molecule has 0 N–H and O–H groups in total. The number of amides is 1. The van der Waals surface area contributed by atoms with Gasteiger partial charge in [0.2, 0.25) is 5.91 Å². The van der Waals surface area contributed by atoms with Gasteiger partial charge in [0.05, 0.1) is 12.6 Å². The van der Waals surface area contributed by atoms with E-state index in [0.29, 0.717) is 6.61 Å². The van der Waals surface area contributed by atoms with Gasteiger partial charge >= 0.3 is 5.97 Å². The number of carbonyl (C=O) groups excluding carboxylic acids is 2. The molecule has 2 fully saturated rings. The van der Waals surface area contributed by atoms with E-state index in [-0.39, 0.29) is 33.5 Å². The van der Waals surface area contributed by atoms with Crippen LogP contribution in [0.1, 0.15) is 20.3 Å². The fourth-order valence-electron chi connectivity index (χ4n) is 2.93. The number of alkyl halides is 2. The van der Waals surface area contributed by atoms with Gasteiger partial charge in [0.15, 0.2) is 0 Å². The molecule has 2 rings (SSSR count). The maximum Gasteiger partial charge on any atom is 0.329 e. The van der Waals surface area contributed by atoms with Crippen LogP contribution in [0.5, 0.6) is 0 Å². The minimum atomic E-state index is -0.421. The third-order valence-electron chi connectivity index (χ3n) is 3.52. The lowest BCUT2D eigenvalue weighted by Gasteiger charge is -2.35. The van der Waals surface area contributed by atoms with E-state index in [9.17, 15) is 9.59 Å². The summed E-state index contributed by atoms with van der Waals surface area (Å²) in [6.45, 7) is 3.64. The molecule has 1 heterocycles. The Kier molecular flexibility index (Phi) is 3.83. The number of piperidine rings is 1. The normalized spacial score (nSPS) is 39.5. The van der Waals surface area contributed by atoms with Crippen molar-refractivity contribution in [3.05, 3.63) is 0 Å². The Bertz CT molecular complexity index is 350. The molecule has 0 spiro atoms. The van der Waals surface area contributed by atoms with Crippen molar-refractivity contribution in [2.24, 2.45) is 5.92 Å². The number of likely N-dealkylation sites (tertiary alicyclic amines) is 1. The Balaban J connectivity index is 2.26. The molecule has 1 saturated heterocycles. The first-order chi connectivity index (χ1) is 7.99. The SMILES string of the molecule is CCOC(=O)[C@H]1[C@@H]2C[C@@H](Br)[C@@H]([C@@H]2Br)N1C(C)=O. The number of ether oxygens (including phenoxy) is 1. The van der Waals surface area contributed by atoms with E-state index >= 15 is 0 Å². The molecular weight excluding hydrogens is 354 g/mol. The summed E-state index contributed by atoms with van der Waals surface area (Å²) in [4.78, 5) is 25.8. The van der Waals surface area contributed by atoms with Crippen molar-refractivity contribution >= 4 is 43.7 Å². The lowest BCUT2D eigenvalue weighted by atomic mass is 9.98. The second-order valence-electron chi connectivity index (χ2n) is 4.47. The van der Waals surface area contributed by atoms with E-state index in [1.54, 1.807) is 11.8 Å². The predicted octanol–water partition coefficient (Wildman–Crippen LogP) is 1.70. The Labute approximate surface area is 117 Å². The largest absolute Gasteiger partial charge is 0.464 e. The van der Waals surface area contributed by atoms with Crippen LogP contribution >= 0.6 is 31.9 Å². The number of nitrogens with zero attached hydrogens (tertiary/aromatic N) is 1. The maximum absolute atomic E-state index is 12.0. The van der Waals surface area contributed by atoms with Gasteiger partial charge in [-0.1, -0.05) is 31.9 Å². The molecule has 6 heteroatoms. The minimum absolute atomic E-state index is 0.0481. The number of esters is 1. The van der Waals surface area contributed by atoms with Crippen LogP contribution in [0.25, 0.3) is 0 Å². The summed E-state index contributed by atoms with van der Waals surface area (Å²) >= 11 is 7.19. The Morgan fingerprint density at radius 1 is 1.41 bits per heavy atom. The van der Waals surface area contributed by atoms with Crippen molar-refractivity contribution < 1.29 is 14.3 Å². The lowest BCUT2D eigenvalue weighted by molar-refractivity contribution is -0.156. The zero-order chi connectivity index (χ0) is 12.7. The van der Waals surface area contributed by atoms with Crippen LogP contribution in [0.15, 0.2) is 0 Å². The zero-order valence-corrected chi connectivity index (χ0v) is 12.9. The molecule has 17 heavy (non-hydrogen) atoms. The summed E-state index contributed by atoms with van der Waals surface area (Å²) < 4.78 is 5.07. The highest BCUT2D eigenvalue weighted by molar-refractivity contribution is 9.10. The molecule has 1 aliphatic carbocycles. The second-order valence-corrected chi connectivity index (χ2v) is 6.71. The van der Waals surface area contributed by atoms with Crippen molar-refractivity contribution in [2.75, 3.05) is 6.61 Å². The lowest BCUT2D eigenvalue weighted by Crippen LogP contribution is -2.52. The molecule has 5 atom stereocenters. The van der Waals surface area contributed by atoms with Gasteiger partial charge in [-0.3, -0.25) is 4.79 Å². The van der Waals surface area contributed by atoms with Crippen molar-refractivity contribution in [1.29, 1.82) is 0 Å². The monoisotopic (exact) mass is 367 g/mol. The number of hydrogen-bond donors (Lipinski definition) is 0. The quantitative estimate of drug-likeness (QED) is 0.550. The van der Waals surface area contributed by atoms with Crippen molar-refractivity contribution in [1.82, 2.24) is 4.90 Å². The highest BCUT2D eigenvalue weighted by Crippen LogP contribution is 2.49. The summed E-state index contributed by atoms with van der Waals surface area (Å²) in [5, 5.41) is 0. The van der Waals surface area contributed by atoms with Crippen molar-refractivity contribution in [2.45, 2.75) is 42.0 Å². The van der Waals surface area contributed by atoms with E-state index in [4.69, 9.17) is 4.74 Å². The summed E-state index contributed by atoms with van der Waals surface area (Å²) in [7, 11) is 0. The van der Waals surface area contributed by atoms with Crippen LogP contribution in [-0.2, 0) is 14.3 Å². The summed E-state index contributed by atoms with van der Waals surface area (Å²) in [6, 6.07) is -0.373. The zero-order valence-electron chi connectivity index (χ0n) is 9.73. The van der Waals surface area contributed by atoms with Crippen molar-refractivity contribution in [3.8, 4) is 0 Å². The Morgan fingerprint density at radius 2 is 2.06 bits per heavy atom. The summed E-state index contributed by atoms with van der Waals surface area (Å²) in [6.07, 6.45) is 0.897. The third kappa shape index (κ3) is 2.03. The average molecular weight is 369 g/mol. The molecule has 0 unspecified atom stereocenters. The highest BCUT2D eigenvalue weighted by Gasteiger charge is 2.60. The van der Waals surface area contributed by atoms with Crippen LogP contribution < -0.4 is 0 Å². The molecule has 96 valence electrons. The third-order valence-corrected chi connectivity index (χ3v) is 5.66. The van der Waals surface area contributed by atoms with Crippen LogP contribution in [0.2, 0.25) is 0 Å². The molecule has 0 aromatic heterocycles. The maximum atomic E-state index is 12.0. The molecule has 4 nitrogen and oxygen atoms in total. The molecule has 0 aromatic rings. The van der Waals surface area contributed by atoms with E-state index in [1.807, 2.05) is 0 Å². The first-order valence-electron chi connectivity index (χ1n) is 5.72. The van der Waals surface area contributed by atoms with Gasteiger partial charge in [0, 0.05) is 22.5 Å². The number of rotatable bonds is 2. The number of hydrogen-bond acceptors (Lipinski definition) is 3. The average Bonchev–Trinajstić information content (AvgIpc) is 2.68. The Hall–Kier alpha value is -0.100. The molecule has 1 amide bonds. The van der Waals surface area contributed by atoms with Gasteiger partial charge in [-0.15, -0.1) is 0 Å². The fraction of sp³-hybridized carbons (Fsp3) is 0.818. The molecule has 1 saturated carbocycles. The molecular formula is C11H15Br2NO3. The van der Waals surface area contributed by atoms with Crippen molar-refractivity contribution in [3.63, 3.8) is 0 Å².